The van der Waals surface area contributed by atoms with Crippen molar-refractivity contribution < 1.29 is 0 Å². The Morgan fingerprint density at radius 3 is 2.81 bits per heavy atom. The predicted molar refractivity (Wildman–Crippen MR) is 66.9 cm³/mol. The van der Waals surface area contributed by atoms with Crippen molar-refractivity contribution in [1.82, 2.24) is 9.88 Å². The molecule has 0 amide bonds. The van der Waals surface area contributed by atoms with Crippen LogP contribution in [0.2, 0.25) is 0 Å². The number of hydrogen-bond acceptors (Lipinski definition) is 3. The molecule has 0 aromatic carbocycles. The van der Waals surface area contributed by atoms with Gasteiger partial charge in [-0.2, -0.15) is 0 Å². The molecule has 0 atom stereocenters. The Balaban J connectivity index is 1.99. The van der Waals surface area contributed by atoms with Gasteiger partial charge in [0.25, 0.3) is 0 Å². The lowest BCUT2D eigenvalue weighted by Crippen LogP contribution is -2.29. The van der Waals surface area contributed by atoms with E-state index in [-0.39, 0.29) is 0 Å². The second kappa shape index (κ2) is 4.83. The molecule has 88 valence electrons. The number of nitrogen functional groups attached to an aromatic ring is 1. The molecule has 16 heavy (non-hydrogen) atoms. The first kappa shape index (κ1) is 11.4. The van der Waals surface area contributed by atoms with Gasteiger partial charge in [0.15, 0.2) is 0 Å². The van der Waals surface area contributed by atoms with Crippen molar-refractivity contribution in [3.8, 4) is 0 Å². The van der Waals surface area contributed by atoms with Gasteiger partial charge in [-0.3, -0.25) is 4.90 Å². The summed E-state index contributed by atoms with van der Waals surface area (Å²) >= 11 is 0. The summed E-state index contributed by atoms with van der Waals surface area (Å²) in [5, 5.41) is 0. The van der Waals surface area contributed by atoms with E-state index in [1.807, 2.05) is 6.07 Å². The zero-order valence-electron chi connectivity index (χ0n) is 10.2. The van der Waals surface area contributed by atoms with Crippen molar-refractivity contribution in [3.05, 3.63) is 23.9 Å². The summed E-state index contributed by atoms with van der Waals surface area (Å²) in [7, 11) is 0. The maximum atomic E-state index is 5.70. The Hall–Kier alpha value is -1.09. The lowest BCUT2D eigenvalue weighted by Gasteiger charge is -2.24. The second-order valence-electron chi connectivity index (χ2n) is 5.14. The minimum Gasteiger partial charge on any atom is -0.384 e. The monoisotopic (exact) mass is 219 g/mol. The van der Waals surface area contributed by atoms with Crippen LogP contribution in [0.15, 0.2) is 18.3 Å². The van der Waals surface area contributed by atoms with Gasteiger partial charge >= 0.3 is 0 Å². The zero-order valence-corrected chi connectivity index (χ0v) is 10.2. The van der Waals surface area contributed by atoms with Crippen LogP contribution in [0.25, 0.3) is 0 Å². The number of pyridine rings is 1. The minimum absolute atomic E-state index is 0.623. The lowest BCUT2D eigenvalue weighted by molar-refractivity contribution is 0.226. The van der Waals surface area contributed by atoms with Gasteiger partial charge in [-0.15, -0.1) is 0 Å². The van der Waals surface area contributed by atoms with Crippen LogP contribution >= 0.6 is 0 Å². The van der Waals surface area contributed by atoms with Gasteiger partial charge < -0.3 is 5.73 Å². The number of aromatic nitrogens is 1. The van der Waals surface area contributed by atoms with Crippen LogP contribution in [0.1, 0.15) is 32.3 Å². The Bertz CT molecular complexity index is 345. The van der Waals surface area contributed by atoms with Gasteiger partial charge in [-0.05, 0) is 36.5 Å². The van der Waals surface area contributed by atoms with Gasteiger partial charge in [0.05, 0.1) is 0 Å². The van der Waals surface area contributed by atoms with E-state index in [2.05, 4.69) is 29.8 Å². The van der Waals surface area contributed by atoms with E-state index in [9.17, 15) is 0 Å². The van der Waals surface area contributed by atoms with Crippen LogP contribution in [0.3, 0.4) is 0 Å². The summed E-state index contributed by atoms with van der Waals surface area (Å²) in [5.41, 5.74) is 6.98. The molecule has 0 spiro atoms. The molecule has 1 saturated carbocycles. The fourth-order valence-electron chi connectivity index (χ4n) is 2.08. The van der Waals surface area contributed by atoms with Crippen LogP contribution in [-0.2, 0) is 6.54 Å². The maximum absolute atomic E-state index is 5.70. The predicted octanol–water partition coefficient (Wildman–Crippen LogP) is 2.28. The van der Waals surface area contributed by atoms with E-state index < -0.39 is 0 Å². The van der Waals surface area contributed by atoms with E-state index in [1.54, 1.807) is 6.20 Å². The molecule has 1 aromatic rings. The average molecular weight is 219 g/mol. The van der Waals surface area contributed by atoms with Gasteiger partial charge in [0.2, 0.25) is 0 Å². The first-order valence-electron chi connectivity index (χ1n) is 6.09. The fourth-order valence-corrected chi connectivity index (χ4v) is 2.08. The van der Waals surface area contributed by atoms with Crippen molar-refractivity contribution in [1.29, 1.82) is 0 Å². The van der Waals surface area contributed by atoms with Crippen molar-refractivity contribution >= 4 is 5.82 Å². The first-order chi connectivity index (χ1) is 7.65. The van der Waals surface area contributed by atoms with E-state index in [0.29, 0.717) is 5.82 Å². The molecule has 2 N–H and O–H groups in total. The van der Waals surface area contributed by atoms with Crippen molar-refractivity contribution in [2.45, 2.75) is 39.3 Å². The number of hydrogen-bond donors (Lipinski definition) is 1. The molecule has 0 unspecified atom stereocenters. The summed E-state index contributed by atoms with van der Waals surface area (Å²) in [6, 6.07) is 4.85. The number of nitrogens with two attached hydrogens (primary N) is 1. The summed E-state index contributed by atoms with van der Waals surface area (Å²) in [6.45, 7) is 6.73. The zero-order chi connectivity index (χ0) is 11.5. The molecule has 1 fully saturated rings. The summed E-state index contributed by atoms with van der Waals surface area (Å²) < 4.78 is 0. The minimum atomic E-state index is 0.623. The molecule has 1 aliphatic rings. The van der Waals surface area contributed by atoms with Crippen LogP contribution in [-0.4, -0.2) is 22.5 Å². The highest BCUT2D eigenvalue weighted by atomic mass is 15.2. The third-order valence-corrected chi connectivity index (χ3v) is 2.89. The van der Waals surface area contributed by atoms with E-state index in [1.165, 1.54) is 24.9 Å². The molecular formula is C13H21N3. The Labute approximate surface area is 97.7 Å². The topological polar surface area (TPSA) is 42.2 Å². The quantitative estimate of drug-likeness (QED) is 0.826. The van der Waals surface area contributed by atoms with Gasteiger partial charge in [-0.25, -0.2) is 4.98 Å². The second-order valence-corrected chi connectivity index (χ2v) is 5.14. The SMILES string of the molecule is CC(C)CN(Cc1ccnc(N)c1)C1CC1. The van der Waals surface area contributed by atoms with Crippen LogP contribution in [0.4, 0.5) is 5.82 Å². The van der Waals surface area contributed by atoms with Crippen LogP contribution < -0.4 is 5.73 Å². The lowest BCUT2D eigenvalue weighted by atomic mass is 10.1. The van der Waals surface area contributed by atoms with E-state index in [4.69, 9.17) is 5.73 Å². The Kier molecular flexibility index (Phi) is 3.44. The normalized spacial score (nSPS) is 16.0. The standard InChI is InChI=1S/C13H21N3/c1-10(2)8-16(12-3-4-12)9-11-5-6-15-13(14)7-11/h5-7,10,12H,3-4,8-9H2,1-2H3,(H2,14,15). The molecular weight excluding hydrogens is 198 g/mol. The van der Waals surface area contributed by atoms with Crippen LogP contribution in [0.5, 0.6) is 0 Å². The van der Waals surface area contributed by atoms with Crippen LogP contribution in [0, 0.1) is 5.92 Å². The molecule has 3 heteroatoms. The van der Waals surface area contributed by atoms with Crippen molar-refractivity contribution in [2.75, 3.05) is 12.3 Å². The molecule has 0 radical (unpaired) electrons. The van der Waals surface area contributed by atoms with Gasteiger partial charge in [0.1, 0.15) is 5.82 Å². The van der Waals surface area contributed by atoms with E-state index in [0.717, 1.165) is 18.5 Å². The van der Waals surface area contributed by atoms with Crippen molar-refractivity contribution in [2.24, 2.45) is 5.92 Å². The molecule has 1 heterocycles. The molecule has 1 aliphatic carbocycles. The highest BCUT2D eigenvalue weighted by Crippen LogP contribution is 2.29. The third kappa shape index (κ3) is 3.20. The highest BCUT2D eigenvalue weighted by Gasteiger charge is 2.29. The highest BCUT2D eigenvalue weighted by molar-refractivity contribution is 5.31. The Morgan fingerprint density at radius 1 is 1.50 bits per heavy atom. The molecule has 0 bridgehead atoms. The summed E-state index contributed by atoms with van der Waals surface area (Å²) in [5.74, 6) is 1.34. The molecule has 1 aromatic heterocycles. The third-order valence-electron chi connectivity index (χ3n) is 2.89. The van der Waals surface area contributed by atoms with Crippen molar-refractivity contribution in [3.63, 3.8) is 0 Å². The number of anilines is 1. The molecule has 0 saturated heterocycles. The van der Waals surface area contributed by atoms with E-state index >= 15 is 0 Å². The molecule has 2 rings (SSSR count). The van der Waals surface area contributed by atoms with Gasteiger partial charge in [0, 0.05) is 25.3 Å². The average Bonchev–Trinajstić information content (AvgIpc) is 2.99. The number of rotatable bonds is 5. The first-order valence-corrected chi connectivity index (χ1v) is 6.09. The fraction of sp³-hybridized carbons (Fsp3) is 0.615. The van der Waals surface area contributed by atoms with Gasteiger partial charge in [-0.1, -0.05) is 13.8 Å². The Morgan fingerprint density at radius 2 is 2.25 bits per heavy atom. The smallest absolute Gasteiger partial charge is 0.123 e. The maximum Gasteiger partial charge on any atom is 0.123 e. The summed E-state index contributed by atoms with van der Waals surface area (Å²) in [6.07, 6.45) is 4.51. The molecule has 3 nitrogen and oxygen atoms in total. The number of nitrogens with zero attached hydrogens (tertiary/aromatic N) is 2. The largest absolute Gasteiger partial charge is 0.384 e. The molecule has 0 aliphatic heterocycles. The summed E-state index contributed by atoms with van der Waals surface area (Å²) in [4.78, 5) is 6.60.